The van der Waals surface area contributed by atoms with Gasteiger partial charge in [0, 0.05) is 0 Å². The van der Waals surface area contributed by atoms with E-state index in [1.807, 2.05) is 30.3 Å². The standard InChI is InChI=1S/C20H20O4/c1-3-23-20(22)19(15(2)21)13-16-9-11-18(12-10-16)24-14-17-7-5-4-6-8-17/h4-13H,3,14H2,1-2H3/b19-13-. The van der Waals surface area contributed by atoms with Gasteiger partial charge in [0.05, 0.1) is 6.61 Å². The van der Waals surface area contributed by atoms with Crippen molar-refractivity contribution in [2.75, 3.05) is 6.61 Å². The van der Waals surface area contributed by atoms with Crippen molar-refractivity contribution in [1.29, 1.82) is 0 Å². The van der Waals surface area contributed by atoms with Crippen LogP contribution in [0.3, 0.4) is 0 Å². The van der Waals surface area contributed by atoms with Gasteiger partial charge in [-0.25, -0.2) is 4.79 Å². The van der Waals surface area contributed by atoms with Crippen LogP contribution in [0.5, 0.6) is 5.75 Å². The predicted molar refractivity (Wildman–Crippen MR) is 92.5 cm³/mol. The molecule has 0 aromatic heterocycles. The molecule has 0 amide bonds. The Morgan fingerprint density at radius 1 is 1.00 bits per heavy atom. The highest BCUT2D eigenvalue weighted by Gasteiger charge is 2.15. The number of benzene rings is 2. The molecular formula is C20H20O4. The van der Waals surface area contributed by atoms with Gasteiger partial charge in [0.15, 0.2) is 5.78 Å². The minimum atomic E-state index is -0.602. The molecule has 0 unspecified atom stereocenters. The van der Waals surface area contributed by atoms with Crippen LogP contribution in [0.1, 0.15) is 25.0 Å². The van der Waals surface area contributed by atoms with E-state index in [9.17, 15) is 9.59 Å². The monoisotopic (exact) mass is 324 g/mol. The Bertz CT molecular complexity index is 715. The van der Waals surface area contributed by atoms with Gasteiger partial charge < -0.3 is 9.47 Å². The van der Waals surface area contributed by atoms with Gasteiger partial charge in [-0.15, -0.1) is 0 Å². The molecule has 0 bridgehead atoms. The molecule has 0 heterocycles. The van der Waals surface area contributed by atoms with E-state index in [2.05, 4.69) is 0 Å². The maximum atomic E-state index is 11.8. The van der Waals surface area contributed by atoms with Crippen LogP contribution in [0.2, 0.25) is 0 Å². The number of ether oxygens (including phenoxy) is 2. The van der Waals surface area contributed by atoms with Gasteiger partial charge in [-0.05, 0) is 43.2 Å². The second-order valence-electron chi connectivity index (χ2n) is 5.18. The third kappa shape index (κ3) is 5.09. The van der Waals surface area contributed by atoms with Crippen LogP contribution < -0.4 is 4.74 Å². The molecular weight excluding hydrogens is 304 g/mol. The SMILES string of the molecule is CCOC(=O)/C(=C\c1ccc(OCc2ccccc2)cc1)C(C)=O. The number of esters is 1. The Morgan fingerprint density at radius 2 is 1.67 bits per heavy atom. The quantitative estimate of drug-likeness (QED) is 0.336. The maximum Gasteiger partial charge on any atom is 0.341 e. The summed E-state index contributed by atoms with van der Waals surface area (Å²) in [7, 11) is 0. The zero-order valence-corrected chi connectivity index (χ0v) is 13.8. The number of rotatable bonds is 7. The molecule has 2 rings (SSSR count). The van der Waals surface area contributed by atoms with E-state index in [4.69, 9.17) is 9.47 Å². The molecule has 4 nitrogen and oxygen atoms in total. The van der Waals surface area contributed by atoms with Gasteiger partial charge >= 0.3 is 5.97 Å². The number of hydrogen-bond acceptors (Lipinski definition) is 4. The molecule has 0 radical (unpaired) electrons. The first kappa shape index (κ1) is 17.5. The third-order valence-electron chi connectivity index (χ3n) is 3.31. The maximum absolute atomic E-state index is 11.8. The summed E-state index contributed by atoms with van der Waals surface area (Å²) in [4.78, 5) is 23.4. The highest BCUT2D eigenvalue weighted by Crippen LogP contribution is 2.17. The lowest BCUT2D eigenvalue weighted by molar-refractivity contribution is -0.139. The summed E-state index contributed by atoms with van der Waals surface area (Å²) in [5.41, 5.74) is 1.86. The van der Waals surface area contributed by atoms with Crippen LogP contribution >= 0.6 is 0 Å². The lowest BCUT2D eigenvalue weighted by Crippen LogP contribution is -2.13. The number of carbonyl (C=O) groups excluding carboxylic acids is 2. The largest absolute Gasteiger partial charge is 0.489 e. The van der Waals surface area contributed by atoms with Crippen molar-refractivity contribution in [2.45, 2.75) is 20.5 Å². The summed E-state index contributed by atoms with van der Waals surface area (Å²) in [6, 6.07) is 17.1. The number of Topliss-reactive ketones (excluding diaryl/α,β-unsaturated/α-hetero) is 1. The lowest BCUT2D eigenvalue weighted by atomic mass is 10.1. The molecule has 0 aliphatic carbocycles. The lowest BCUT2D eigenvalue weighted by Gasteiger charge is -2.07. The predicted octanol–water partition coefficient (Wildman–Crippen LogP) is 3.80. The Balaban J connectivity index is 2.06. The Kier molecular flexibility index (Phi) is 6.32. The van der Waals surface area contributed by atoms with E-state index in [0.29, 0.717) is 6.61 Å². The Morgan fingerprint density at radius 3 is 2.25 bits per heavy atom. The molecule has 2 aromatic rings. The van der Waals surface area contributed by atoms with Crippen molar-refractivity contribution in [3.8, 4) is 5.75 Å². The fourth-order valence-electron chi connectivity index (χ4n) is 2.08. The molecule has 0 aliphatic rings. The second-order valence-corrected chi connectivity index (χ2v) is 5.18. The van der Waals surface area contributed by atoms with Gasteiger partial charge in [-0.1, -0.05) is 42.5 Å². The van der Waals surface area contributed by atoms with Crippen molar-refractivity contribution in [3.05, 3.63) is 71.3 Å². The molecule has 4 heteroatoms. The Hall–Kier alpha value is -2.88. The van der Waals surface area contributed by atoms with Crippen molar-refractivity contribution < 1.29 is 19.1 Å². The molecule has 0 N–H and O–H groups in total. The molecule has 0 fully saturated rings. The molecule has 24 heavy (non-hydrogen) atoms. The highest BCUT2D eigenvalue weighted by molar-refractivity contribution is 6.19. The molecule has 2 aromatic carbocycles. The Labute approximate surface area is 141 Å². The summed E-state index contributed by atoms with van der Waals surface area (Å²) in [5.74, 6) is -0.205. The van der Waals surface area contributed by atoms with Crippen molar-refractivity contribution >= 4 is 17.8 Å². The first-order valence-corrected chi connectivity index (χ1v) is 7.76. The summed E-state index contributed by atoms with van der Waals surface area (Å²) in [5, 5.41) is 0. The number of carbonyl (C=O) groups is 2. The zero-order chi connectivity index (χ0) is 17.4. The van der Waals surface area contributed by atoms with Crippen molar-refractivity contribution in [3.63, 3.8) is 0 Å². The van der Waals surface area contributed by atoms with E-state index in [1.165, 1.54) is 13.0 Å². The molecule has 0 saturated carbocycles. The highest BCUT2D eigenvalue weighted by atomic mass is 16.5. The molecule has 0 spiro atoms. The van der Waals surface area contributed by atoms with E-state index in [1.54, 1.807) is 31.2 Å². The number of ketones is 1. The summed E-state index contributed by atoms with van der Waals surface area (Å²) in [6.45, 7) is 3.77. The van der Waals surface area contributed by atoms with E-state index in [0.717, 1.165) is 16.9 Å². The summed E-state index contributed by atoms with van der Waals surface area (Å²) >= 11 is 0. The molecule has 0 atom stereocenters. The van der Waals surface area contributed by atoms with Gasteiger partial charge in [0.2, 0.25) is 0 Å². The fourth-order valence-corrected chi connectivity index (χ4v) is 2.08. The van der Waals surface area contributed by atoms with Crippen molar-refractivity contribution in [1.82, 2.24) is 0 Å². The number of hydrogen-bond donors (Lipinski definition) is 0. The summed E-state index contributed by atoms with van der Waals surface area (Å²) < 4.78 is 10.6. The minimum absolute atomic E-state index is 0.0369. The third-order valence-corrected chi connectivity index (χ3v) is 3.31. The van der Waals surface area contributed by atoms with Crippen LogP contribution in [0.15, 0.2) is 60.2 Å². The normalized spacial score (nSPS) is 11.0. The zero-order valence-electron chi connectivity index (χ0n) is 13.8. The van der Waals surface area contributed by atoms with Crippen LogP contribution in [0.4, 0.5) is 0 Å². The minimum Gasteiger partial charge on any atom is -0.489 e. The van der Waals surface area contributed by atoms with Gasteiger partial charge in [0.1, 0.15) is 17.9 Å². The average Bonchev–Trinajstić information content (AvgIpc) is 2.59. The van der Waals surface area contributed by atoms with E-state index in [-0.39, 0.29) is 18.0 Å². The van der Waals surface area contributed by atoms with Gasteiger partial charge in [0.25, 0.3) is 0 Å². The molecule has 0 aliphatic heterocycles. The first-order valence-electron chi connectivity index (χ1n) is 7.76. The van der Waals surface area contributed by atoms with E-state index >= 15 is 0 Å². The first-order chi connectivity index (χ1) is 11.6. The average molecular weight is 324 g/mol. The van der Waals surface area contributed by atoms with Crippen LogP contribution in [-0.4, -0.2) is 18.4 Å². The second kappa shape index (κ2) is 8.67. The smallest absolute Gasteiger partial charge is 0.341 e. The van der Waals surface area contributed by atoms with Crippen LogP contribution in [-0.2, 0) is 20.9 Å². The van der Waals surface area contributed by atoms with Crippen LogP contribution in [0.25, 0.3) is 6.08 Å². The topological polar surface area (TPSA) is 52.6 Å². The molecule has 124 valence electrons. The van der Waals surface area contributed by atoms with Crippen LogP contribution in [0, 0.1) is 0 Å². The van der Waals surface area contributed by atoms with Gasteiger partial charge in [-0.2, -0.15) is 0 Å². The van der Waals surface area contributed by atoms with Gasteiger partial charge in [-0.3, -0.25) is 4.79 Å². The molecule has 0 saturated heterocycles. The fraction of sp³-hybridized carbons (Fsp3) is 0.200. The summed E-state index contributed by atoms with van der Waals surface area (Å²) in [6.07, 6.45) is 1.53. The van der Waals surface area contributed by atoms with Crippen molar-refractivity contribution in [2.24, 2.45) is 0 Å². The van der Waals surface area contributed by atoms with E-state index < -0.39 is 5.97 Å².